The minimum Gasteiger partial charge on any atom is -0.0809 e. The Balaban J connectivity index is 1.31. The van der Waals surface area contributed by atoms with Gasteiger partial charge in [-0.1, -0.05) is 166 Å². The van der Waals surface area contributed by atoms with Crippen molar-refractivity contribution in [2.75, 3.05) is 0 Å². The largest absolute Gasteiger partial charge is 0.0809 e. The van der Waals surface area contributed by atoms with E-state index in [1.807, 2.05) is 47.0 Å². The van der Waals surface area contributed by atoms with Crippen molar-refractivity contribution >= 4 is 66.7 Å². The molecule has 4 aromatic carbocycles. The summed E-state index contributed by atoms with van der Waals surface area (Å²) >= 11 is 7.54. The van der Waals surface area contributed by atoms with Gasteiger partial charge in [0, 0.05) is 19.6 Å². The number of thioether (sulfide) groups is 4. The second-order valence-corrected chi connectivity index (χ2v) is 14.9. The van der Waals surface area contributed by atoms with Crippen LogP contribution in [-0.2, 0) is 0 Å². The Hall–Kier alpha value is -2.76. The third-order valence-electron chi connectivity index (χ3n) is 6.83. The molecule has 0 bridgehead atoms. The molecular formula is C36H30S4. The topological polar surface area (TPSA) is 0 Å². The molecule has 0 saturated carbocycles. The first-order chi connectivity index (χ1) is 19.4. The van der Waals surface area contributed by atoms with Gasteiger partial charge in [0.25, 0.3) is 0 Å². The number of allylic oxidation sites excluding steroid dienone is 2. The van der Waals surface area contributed by atoms with Crippen molar-refractivity contribution in [2.45, 2.75) is 27.7 Å². The van der Waals surface area contributed by atoms with Crippen molar-refractivity contribution in [3.63, 3.8) is 0 Å². The van der Waals surface area contributed by atoms with Gasteiger partial charge in [0.2, 0.25) is 0 Å². The lowest BCUT2D eigenvalue weighted by atomic mass is 10.1. The molecule has 198 valence electrons. The summed E-state index contributed by atoms with van der Waals surface area (Å²) in [5.41, 5.74) is 10.3. The molecule has 0 amide bonds. The van der Waals surface area contributed by atoms with Gasteiger partial charge in [0.1, 0.15) is 0 Å². The highest BCUT2D eigenvalue weighted by Crippen LogP contribution is 2.59. The lowest BCUT2D eigenvalue weighted by Crippen LogP contribution is -1.84. The fraction of sp³-hybridized carbons (Fsp3) is 0.111. The first kappa shape index (κ1) is 27.4. The van der Waals surface area contributed by atoms with E-state index in [2.05, 4.69) is 137 Å². The third kappa shape index (κ3) is 6.11. The summed E-state index contributed by atoms with van der Waals surface area (Å²) < 4.78 is 2.61. The van der Waals surface area contributed by atoms with Crippen molar-refractivity contribution in [3.8, 4) is 0 Å². The van der Waals surface area contributed by atoms with Crippen molar-refractivity contribution in [3.05, 3.63) is 162 Å². The molecular weight excluding hydrogens is 561 g/mol. The summed E-state index contributed by atoms with van der Waals surface area (Å²) in [6.45, 7) is 8.59. The SMILES string of the molecule is Cc1ccc(C2=C(c3ccc(C)cc3)SC(=CC=C3SC(c4ccc(C)cc4)=C(c4ccc(C)cc4)S3)S2)cc1. The van der Waals surface area contributed by atoms with E-state index in [1.165, 1.54) is 72.6 Å². The van der Waals surface area contributed by atoms with Crippen LogP contribution in [0.25, 0.3) is 19.6 Å². The smallest absolute Gasteiger partial charge is 0.0500 e. The van der Waals surface area contributed by atoms with Gasteiger partial charge in [-0.3, -0.25) is 0 Å². The Kier molecular flexibility index (Phi) is 8.22. The van der Waals surface area contributed by atoms with Gasteiger partial charge in [-0.05, 0) is 62.1 Å². The van der Waals surface area contributed by atoms with E-state index in [9.17, 15) is 0 Å². The zero-order valence-corrected chi connectivity index (χ0v) is 26.3. The number of hydrogen-bond acceptors (Lipinski definition) is 4. The van der Waals surface area contributed by atoms with Crippen LogP contribution in [0.3, 0.4) is 0 Å². The van der Waals surface area contributed by atoms with E-state index in [4.69, 9.17) is 0 Å². The molecule has 6 rings (SSSR count). The molecule has 2 heterocycles. The Morgan fingerprint density at radius 2 is 0.525 bits per heavy atom. The Morgan fingerprint density at radius 3 is 0.725 bits per heavy atom. The molecule has 0 nitrogen and oxygen atoms in total. The van der Waals surface area contributed by atoms with Crippen LogP contribution in [0.4, 0.5) is 0 Å². The lowest BCUT2D eigenvalue weighted by Gasteiger charge is -2.07. The van der Waals surface area contributed by atoms with Crippen LogP contribution >= 0.6 is 47.0 Å². The third-order valence-corrected chi connectivity index (χ3v) is 12.0. The zero-order chi connectivity index (χ0) is 27.6. The first-order valence-electron chi connectivity index (χ1n) is 13.3. The van der Waals surface area contributed by atoms with E-state index in [1.54, 1.807) is 0 Å². The molecule has 0 unspecified atom stereocenters. The Labute approximate surface area is 255 Å². The number of hydrogen-bond donors (Lipinski definition) is 0. The molecule has 0 aliphatic carbocycles. The fourth-order valence-electron chi connectivity index (χ4n) is 4.48. The average Bonchev–Trinajstić information content (AvgIpc) is 3.59. The van der Waals surface area contributed by atoms with Crippen molar-refractivity contribution < 1.29 is 0 Å². The van der Waals surface area contributed by atoms with Gasteiger partial charge >= 0.3 is 0 Å². The summed E-state index contributed by atoms with van der Waals surface area (Å²) in [7, 11) is 0. The van der Waals surface area contributed by atoms with Crippen molar-refractivity contribution in [1.29, 1.82) is 0 Å². The molecule has 4 heteroatoms. The Morgan fingerprint density at radius 1 is 0.325 bits per heavy atom. The summed E-state index contributed by atoms with van der Waals surface area (Å²) in [4.78, 5) is 5.35. The molecule has 2 aliphatic rings. The number of benzene rings is 4. The first-order valence-corrected chi connectivity index (χ1v) is 16.6. The maximum absolute atomic E-state index is 2.31. The van der Waals surface area contributed by atoms with Crippen molar-refractivity contribution in [1.82, 2.24) is 0 Å². The molecule has 0 fully saturated rings. The number of aryl methyl sites for hydroxylation is 4. The minimum atomic E-state index is 1.28. The predicted octanol–water partition coefficient (Wildman–Crippen LogP) is 11.9. The number of rotatable bonds is 5. The second kappa shape index (κ2) is 12.0. The molecule has 4 aromatic rings. The van der Waals surface area contributed by atoms with Crippen LogP contribution in [0.15, 0.2) is 118 Å². The standard InChI is InChI=1S/C36H30S4/c1-23-5-13-27(14-6-23)33-34(28-15-7-24(2)8-16-28)38-31(37-33)21-22-32-39-35(29-17-9-25(3)10-18-29)36(40-32)30-19-11-26(4)12-20-30/h5-22H,1-4H3. The van der Waals surface area contributed by atoms with Crippen LogP contribution in [-0.4, -0.2) is 0 Å². The van der Waals surface area contributed by atoms with Gasteiger partial charge in [0.05, 0.1) is 8.47 Å². The molecule has 2 aliphatic heterocycles. The minimum absolute atomic E-state index is 1.28. The summed E-state index contributed by atoms with van der Waals surface area (Å²) in [6, 6.07) is 35.7. The fourth-order valence-corrected chi connectivity index (χ4v) is 9.52. The van der Waals surface area contributed by atoms with Crippen LogP contribution < -0.4 is 0 Å². The highest BCUT2D eigenvalue weighted by Gasteiger charge is 2.25. The van der Waals surface area contributed by atoms with Gasteiger partial charge in [0.15, 0.2) is 0 Å². The van der Waals surface area contributed by atoms with Crippen LogP contribution in [0.5, 0.6) is 0 Å². The quantitative estimate of drug-likeness (QED) is 0.227. The maximum Gasteiger partial charge on any atom is 0.0500 e. The predicted molar refractivity (Wildman–Crippen MR) is 185 cm³/mol. The highest BCUT2D eigenvalue weighted by molar-refractivity contribution is 8.35. The summed E-state index contributed by atoms with van der Waals surface area (Å²) in [5, 5.41) is 0. The molecule has 0 aromatic heterocycles. The molecule has 0 radical (unpaired) electrons. The van der Waals surface area contributed by atoms with Gasteiger partial charge in [-0.25, -0.2) is 0 Å². The lowest BCUT2D eigenvalue weighted by molar-refractivity contribution is 1.46. The molecule has 0 atom stereocenters. The highest BCUT2D eigenvalue weighted by atomic mass is 32.2. The average molecular weight is 591 g/mol. The molecule has 40 heavy (non-hydrogen) atoms. The molecule has 0 N–H and O–H groups in total. The maximum atomic E-state index is 2.31. The summed E-state index contributed by atoms with van der Waals surface area (Å²) in [5.74, 6) is 0. The molecule has 0 saturated heterocycles. The van der Waals surface area contributed by atoms with E-state index in [0.717, 1.165) is 0 Å². The van der Waals surface area contributed by atoms with Crippen LogP contribution in [0.2, 0.25) is 0 Å². The normalized spacial score (nSPS) is 15.3. The van der Waals surface area contributed by atoms with Crippen LogP contribution in [0, 0.1) is 27.7 Å². The van der Waals surface area contributed by atoms with Crippen molar-refractivity contribution in [2.24, 2.45) is 0 Å². The van der Waals surface area contributed by atoms with Gasteiger partial charge in [-0.15, -0.1) is 0 Å². The van der Waals surface area contributed by atoms with Crippen LogP contribution in [0.1, 0.15) is 44.5 Å². The Bertz CT molecular complexity index is 1420. The van der Waals surface area contributed by atoms with E-state index >= 15 is 0 Å². The van der Waals surface area contributed by atoms with Gasteiger partial charge in [-0.2, -0.15) is 0 Å². The second-order valence-electron chi connectivity index (χ2n) is 10.2. The van der Waals surface area contributed by atoms with E-state index < -0.39 is 0 Å². The van der Waals surface area contributed by atoms with E-state index in [0.29, 0.717) is 0 Å². The van der Waals surface area contributed by atoms with Gasteiger partial charge < -0.3 is 0 Å². The summed E-state index contributed by atoms with van der Waals surface area (Å²) in [6.07, 6.45) is 4.62. The zero-order valence-electron chi connectivity index (χ0n) is 23.0. The molecule has 0 spiro atoms. The van der Waals surface area contributed by atoms with E-state index in [-0.39, 0.29) is 0 Å². The monoisotopic (exact) mass is 590 g/mol.